The summed E-state index contributed by atoms with van der Waals surface area (Å²) in [5.74, 6) is 1.13. The van der Waals surface area contributed by atoms with Crippen molar-refractivity contribution < 1.29 is 4.52 Å². The van der Waals surface area contributed by atoms with Crippen LogP contribution in [0.3, 0.4) is 0 Å². The first-order valence-corrected chi connectivity index (χ1v) is 6.93. The quantitative estimate of drug-likeness (QED) is 0.744. The minimum atomic E-state index is 0.535. The van der Waals surface area contributed by atoms with Crippen LogP contribution in [0.5, 0.6) is 0 Å². The number of anilines is 1. The van der Waals surface area contributed by atoms with Crippen molar-refractivity contribution in [1.29, 1.82) is 0 Å². The van der Waals surface area contributed by atoms with Gasteiger partial charge in [-0.15, -0.1) is 0 Å². The average Bonchev–Trinajstić information content (AvgIpc) is 2.90. The number of nitrogen functional groups attached to an aromatic ring is 1. The van der Waals surface area contributed by atoms with Crippen LogP contribution in [0.1, 0.15) is 11.5 Å². The predicted molar refractivity (Wildman–Crippen MR) is 81.1 cm³/mol. The van der Waals surface area contributed by atoms with Crippen LogP contribution in [0.2, 0.25) is 0 Å². The molecule has 0 amide bonds. The fourth-order valence-electron chi connectivity index (χ4n) is 1.93. The maximum Gasteiger partial charge on any atom is 0.231 e. The molecule has 2 N–H and O–H groups in total. The highest BCUT2D eigenvalue weighted by Gasteiger charge is 2.10. The molecule has 2 aromatic carbocycles. The number of halogens is 1. The number of nitrogens with zero attached hydrogens (tertiary/aromatic N) is 2. The first-order chi connectivity index (χ1) is 9.72. The third-order valence-corrected chi connectivity index (χ3v) is 3.44. The molecule has 3 aromatic rings. The van der Waals surface area contributed by atoms with Crippen molar-refractivity contribution >= 4 is 21.6 Å². The van der Waals surface area contributed by atoms with Gasteiger partial charge in [-0.05, 0) is 23.8 Å². The Morgan fingerprint density at radius 3 is 2.75 bits per heavy atom. The summed E-state index contributed by atoms with van der Waals surface area (Å²) < 4.78 is 6.27. The first kappa shape index (κ1) is 12.9. The Morgan fingerprint density at radius 1 is 1.10 bits per heavy atom. The van der Waals surface area contributed by atoms with Crippen LogP contribution < -0.4 is 5.73 Å². The molecular formula is C15H12BrN3O. The van der Waals surface area contributed by atoms with Crippen LogP contribution >= 0.6 is 15.9 Å². The van der Waals surface area contributed by atoms with E-state index in [4.69, 9.17) is 10.3 Å². The average molecular weight is 330 g/mol. The van der Waals surface area contributed by atoms with Gasteiger partial charge in [0.25, 0.3) is 0 Å². The number of nitrogens with two attached hydrogens (primary N) is 1. The SMILES string of the molecule is Nc1ccccc1Cc1nc(-c2cccc(Br)c2)no1. The molecule has 100 valence electrons. The zero-order chi connectivity index (χ0) is 13.9. The van der Waals surface area contributed by atoms with Gasteiger partial charge in [0.05, 0.1) is 6.42 Å². The Bertz CT molecular complexity index is 739. The molecule has 0 fully saturated rings. The van der Waals surface area contributed by atoms with E-state index in [-0.39, 0.29) is 0 Å². The molecule has 3 rings (SSSR count). The van der Waals surface area contributed by atoms with Gasteiger partial charge in [-0.3, -0.25) is 0 Å². The molecule has 0 aliphatic rings. The summed E-state index contributed by atoms with van der Waals surface area (Å²) in [7, 11) is 0. The summed E-state index contributed by atoms with van der Waals surface area (Å²) in [4.78, 5) is 4.40. The number of hydrogen-bond acceptors (Lipinski definition) is 4. The van der Waals surface area contributed by atoms with E-state index in [0.29, 0.717) is 18.1 Å². The Balaban J connectivity index is 1.86. The molecule has 5 heteroatoms. The van der Waals surface area contributed by atoms with Gasteiger partial charge in [0, 0.05) is 15.7 Å². The number of aromatic nitrogens is 2. The molecule has 0 saturated carbocycles. The number of rotatable bonds is 3. The van der Waals surface area contributed by atoms with Crippen molar-refractivity contribution in [3.8, 4) is 11.4 Å². The van der Waals surface area contributed by atoms with Crippen molar-refractivity contribution in [2.75, 3.05) is 5.73 Å². The van der Waals surface area contributed by atoms with Gasteiger partial charge in [-0.2, -0.15) is 4.98 Å². The zero-order valence-corrected chi connectivity index (χ0v) is 12.2. The number of hydrogen-bond donors (Lipinski definition) is 1. The molecule has 0 radical (unpaired) electrons. The molecule has 0 atom stereocenters. The van der Waals surface area contributed by atoms with Crippen LogP contribution in [0.4, 0.5) is 5.69 Å². The first-order valence-electron chi connectivity index (χ1n) is 6.14. The highest BCUT2D eigenvalue weighted by molar-refractivity contribution is 9.10. The van der Waals surface area contributed by atoms with E-state index < -0.39 is 0 Å². The highest BCUT2D eigenvalue weighted by Crippen LogP contribution is 2.21. The van der Waals surface area contributed by atoms with E-state index >= 15 is 0 Å². The van der Waals surface area contributed by atoms with Gasteiger partial charge >= 0.3 is 0 Å². The van der Waals surface area contributed by atoms with E-state index in [0.717, 1.165) is 21.3 Å². The summed E-state index contributed by atoms with van der Waals surface area (Å²) in [6, 6.07) is 15.4. The minimum absolute atomic E-state index is 0.535. The molecule has 0 aliphatic carbocycles. The lowest BCUT2D eigenvalue weighted by Gasteiger charge is -2.00. The predicted octanol–water partition coefficient (Wildman–Crippen LogP) is 3.67. The van der Waals surface area contributed by atoms with E-state index in [1.807, 2.05) is 48.5 Å². The van der Waals surface area contributed by atoms with Crippen LogP contribution in [0.15, 0.2) is 57.5 Å². The van der Waals surface area contributed by atoms with Gasteiger partial charge in [0.1, 0.15) is 0 Å². The van der Waals surface area contributed by atoms with Crippen molar-refractivity contribution in [3.05, 3.63) is 64.5 Å². The number of benzene rings is 2. The van der Waals surface area contributed by atoms with Crippen molar-refractivity contribution in [3.63, 3.8) is 0 Å². The molecule has 20 heavy (non-hydrogen) atoms. The smallest absolute Gasteiger partial charge is 0.231 e. The normalized spacial score (nSPS) is 10.7. The Hall–Kier alpha value is -2.14. The van der Waals surface area contributed by atoms with E-state index in [2.05, 4.69) is 26.1 Å². The summed E-state index contributed by atoms with van der Waals surface area (Å²) in [5, 5.41) is 4.01. The highest BCUT2D eigenvalue weighted by atomic mass is 79.9. The van der Waals surface area contributed by atoms with Crippen LogP contribution in [0, 0.1) is 0 Å². The van der Waals surface area contributed by atoms with Gasteiger partial charge in [0.15, 0.2) is 0 Å². The summed E-state index contributed by atoms with van der Waals surface area (Å²) in [6.07, 6.45) is 0.535. The monoisotopic (exact) mass is 329 g/mol. The fourth-order valence-corrected chi connectivity index (χ4v) is 2.33. The lowest BCUT2D eigenvalue weighted by atomic mass is 10.1. The summed E-state index contributed by atoms with van der Waals surface area (Å²) in [6.45, 7) is 0. The molecule has 4 nitrogen and oxygen atoms in total. The van der Waals surface area contributed by atoms with Crippen molar-refractivity contribution in [2.24, 2.45) is 0 Å². The topological polar surface area (TPSA) is 64.9 Å². The zero-order valence-electron chi connectivity index (χ0n) is 10.6. The van der Waals surface area contributed by atoms with Gasteiger partial charge < -0.3 is 10.3 Å². The second-order valence-electron chi connectivity index (χ2n) is 4.40. The summed E-state index contributed by atoms with van der Waals surface area (Å²) >= 11 is 3.43. The third kappa shape index (κ3) is 2.72. The number of para-hydroxylation sites is 1. The van der Waals surface area contributed by atoms with Crippen LogP contribution in [-0.4, -0.2) is 10.1 Å². The lowest BCUT2D eigenvalue weighted by Crippen LogP contribution is -1.95. The molecule has 0 aliphatic heterocycles. The largest absolute Gasteiger partial charge is 0.398 e. The van der Waals surface area contributed by atoms with Crippen LogP contribution in [-0.2, 0) is 6.42 Å². The van der Waals surface area contributed by atoms with Gasteiger partial charge in [-0.1, -0.05) is 51.4 Å². The Kier molecular flexibility index (Phi) is 3.52. The van der Waals surface area contributed by atoms with Gasteiger partial charge in [0.2, 0.25) is 11.7 Å². The summed E-state index contributed by atoms with van der Waals surface area (Å²) in [5.41, 5.74) is 8.54. The third-order valence-electron chi connectivity index (χ3n) is 2.95. The fraction of sp³-hybridized carbons (Fsp3) is 0.0667. The maximum atomic E-state index is 5.91. The molecule has 0 saturated heterocycles. The van der Waals surface area contributed by atoms with Gasteiger partial charge in [-0.25, -0.2) is 0 Å². The van der Waals surface area contributed by atoms with Crippen molar-refractivity contribution in [2.45, 2.75) is 6.42 Å². The Labute approximate surface area is 124 Å². The van der Waals surface area contributed by atoms with E-state index in [1.54, 1.807) is 0 Å². The second kappa shape index (κ2) is 5.46. The maximum absolute atomic E-state index is 5.91. The molecule has 0 unspecified atom stereocenters. The lowest BCUT2D eigenvalue weighted by molar-refractivity contribution is 0.386. The molecule has 0 spiro atoms. The van der Waals surface area contributed by atoms with E-state index in [1.165, 1.54) is 0 Å². The second-order valence-corrected chi connectivity index (χ2v) is 5.31. The minimum Gasteiger partial charge on any atom is -0.398 e. The standard InChI is InChI=1S/C15H12BrN3O/c16-12-6-3-5-11(8-12)15-18-14(20-19-15)9-10-4-1-2-7-13(10)17/h1-8H,9,17H2. The van der Waals surface area contributed by atoms with Crippen molar-refractivity contribution in [1.82, 2.24) is 10.1 Å². The molecule has 1 heterocycles. The molecular weight excluding hydrogens is 318 g/mol. The Morgan fingerprint density at radius 2 is 1.95 bits per heavy atom. The molecule has 1 aromatic heterocycles. The molecule has 0 bridgehead atoms. The van der Waals surface area contributed by atoms with E-state index in [9.17, 15) is 0 Å². The van der Waals surface area contributed by atoms with Crippen LogP contribution in [0.25, 0.3) is 11.4 Å².